The summed E-state index contributed by atoms with van der Waals surface area (Å²) in [6.07, 6.45) is 2.05. The van der Waals surface area contributed by atoms with E-state index in [0.29, 0.717) is 34.0 Å². The van der Waals surface area contributed by atoms with Crippen LogP contribution in [0, 0.1) is 5.82 Å². The van der Waals surface area contributed by atoms with Crippen LogP contribution < -0.4 is 0 Å². The fourth-order valence-corrected chi connectivity index (χ4v) is 6.05. The number of amides is 1. The first-order valence-corrected chi connectivity index (χ1v) is 13.0. The fraction of sp³-hybridized carbons (Fsp3) is 0.345. The number of hydrogen-bond donors (Lipinski definition) is 1. The van der Waals surface area contributed by atoms with Crippen molar-refractivity contribution in [2.24, 2.45) is 0 Å². The summed E-state index contributed by atoms with van der Waals surface area (Å²) in [5.41, 5.74) is 2.36. The monoisotopic (exact) mass is 526 g/mol. The minimum absolute atomic E-state index is 0.105. The van der Waals surface area contributed by atoms with Gasteiger partial charge in [0.15, 0.2) is 0 Å². The molecule has 0 aromatic heterocycles. The third kappa shape index (κ3) is 4.78. The molecule has 1 saturated heterocycles. The number of halogens is 3. The summed E-state index contributed by atoms with van der Waals surface area (Å²) in [7, 11) is 1.77. The van der Waals surface area contributed by atoms with Gasteiger partial charge in [0.1, 0.15) is 5.82 Å². The lowest BCUT2D eigenvalue weighted by atomic mass is 9.83. The Hall–Kier alpha value is -2.44. The molecule has 1 amide bonds. The Balaban J connectivity index is 1.38. The van der Waals surface area contributed by atoms with Crippen LogP contribution >= 0.6 is 23.2 Å². The number of nitrogens with zero attached hydrogens (tertiary/aromatic N) is 2. The van der Waals surface area contributed by atoms with E-state index in [0.717, 1.165) is 37.2 Å². The first-order valence-electron chi connectivity index (χ1n) is 12.3. The number of piperidine rings is 1. The SMILES string of the molecule is CN1C(=O)c2ccc(F)cc2C1C(CCN1CCC(O)(c2ccccc2)CC1)c1ccc(Cl)c(Cl)c1. The minimum atomic E-state index is -0.810. The Kier molecular flexibility index (Phi) is 7.10. The maximum atomic E-state index is 14.3. The van der Waals surface area contributed by atoms with Gasteiger partial charge >= 0.3 is 0 Å². The number of benzene rings is 3. The number of hydrogen-bond acceptors (Lipinski definition) is 3. The van der Waals surface area contributed by atoms with Gasteiger partial charge in [0.25, 0.3) is 5.91 Å². The molecule has 188 valence electrons. The van der Waals surface area contributed by atoms with Crippen LogP contribution in [0.3, 0.4) is 0 Å². The lowest BCUT2D eigenvalue weighted by Gasteiger charge is -2.39. The molecule has 2 unspecified atom stereocenters. The molecule has 36 heavy (non-hydrogen) atoms. The average molecular weight is 527 g/mol. The molecule has 5 rings (SSSR count). The van der Waals surface area contributed by atoms with E-state index in [1.807, 2.05) is 42.5 Å². The Labute approximate surface area is 221 Å². The third-order valence-corrected chi connectivity index (χ3v) is 8.54. The normalized spacial score (nSPS) is 20.4. The average Bonchev–Trinajstić information content (AvgIpc) is 3.12. The van der Waals surface area contributed by atoms with Crippen molar-refractivity contribution >= 4 is 29.1 Å². The third-order valence-electron chi connectivity index (χ3n) is 7.80. The summed E-state index contributed by atoms with van der Waals surface area (Å²) in [5.74, 6) is -0.566. The van der Waals surface area contributed by atoms with Crippen molar-refractivity contribution in [1.29, 1.82) is 0 Å². The van der Waals surface area contributed by atoms with E-state index in [4.69, 9.17) is 23.2 Å². The molecule has 0 aliphatic carbocycles. The fourth-order valence-electron chi connectivity index (χ4n) is 5.74. The zero-order chi connectivity index (χ0) is 25.4. The molecule has 2 aliphatic rings. The molecule has 3 aromatic carbocycles. The van der Waals surface area contributed by atoms with Crippen LogP contribution in [0.2, 0.25) is 10.0 Å². The van der Waals surface area contributed by atoms with Gasteiger partial charge in [0.2, 0.25) is 0 Å². The number of carbonyl (C=O) groups excluding carboxylic acids is 1. The van der Waals surface area contributed by atoms with Crippen molar-refractivity contribution in [1.82, 2.24) is 9.80 Å². The minimum Gasteiger partial charge on any atom is -0.385 e. The van der Waals surface area contributed by atoms with Gasteiger partial charge in [-0.25, -0.2) is 4.39 Å². The number of carbonyl (C=O) groups is 1. The second-order valence-electron chi connectivity index (χ2n) is 9.90. The molecule has 2 heterocycles. The summed E-state index contributed by atoms with van der Waals surface area (Å²) in [6, 6.07) is 19.5. The van der Waals surface area contributed by atoms with Crippen LogP contribution in [0.1, 0.15) is 58.3 Å². The zero-order valence-electron chi connectivity index (χ0n) is 20.1. The molecule has 7 heteroatoms. The Morgan fingerprint density at radius 1 is 1.03 bits per heavy atom. The highest BCUT2D eigenvalue weighted by atomic mass is 35.5. The maximum absolute atomic E-state index is 14.3. The first kappa shape index (κ1) is 25.2. The molecule has 4 nitrogen and oxygen atoms in total. The van der Waals surface area contributed by atoms with Crippen LogP contribution in [-0.2, 0) is 5.60 Å². The second kappa shape index (κ2) is 10.1. The number of likely N-dealkylation sites (tertiary alicyclic amines) is 1. The number of aliphatic hydroxyl groups is 1. The summed E-state index contributed by atoms with van der Waals surface area (Å²) in [5, 5.41) is 12.1. The predicted molar refractivity (Wildman–Crippen MR) is 141 cm³/mol. The zero-order valence-corrected chi connectivity index (χ0v) is 21.6. The van der Waals surface area contributed by atoms with Gasteiger partial charge in [-0.2, -0.15) is 0 Å². The Bertz CT molecular complexity index is 1260. The van der Waals surface area contributed by atoms with E-state index in [2.05, 4.69) is 4.90 Å². The Morgan fingerprint density at radius 2 is 1.75 bits per heavy atom. The van der Waals surface area contributed by atoms with Crippen LogP contribution in [-0.4, -0.2) is 47.5 Å². The Morgan fingerprint density at radius 3 is 2.44 bits per heavy atom. The predicted octanol–water partition coefficient (Wildman–Crippen LogP) is 6.42. The van der Waals surface area contributed by atoms with Gasteiger partial charge in [-0.05, 0) is 72.8 Å². The van der Waals surface area contributed by atoms with Crippen molar-refractivity contribution in [3.63, 3.8) is 0 Å². The smallest absolute Gasteiger partial charge is 0.254 e. The van der Waals surface area contributed by atoms with E-state index < -0.39 is 5.60 Å². The van der Waals surface area contributed by atoms with Crippen LogP contribution in [0.15, 0.2) is 66.7 Å². The van der Waals surface area contributed by atoms with Gasteiger partial charge in [0.05, 0.1) is 21.7 Å². The lowest BCUT2D eigenvalue weighted by molar-refractivity contribution is -0.0266. The van der Waals surface area contributed by atoms with E-state index in [1.165, 1.54) is 12.1 Å². The molecule has 0 saturated carbocycles. The summed E-state index contributed by atoms with van der Waals surface area (Å²) in [4.78, 5) is 17.1. The van der Waals surface area contributed by atoms with E-state index >= 15 is 0 Å². The van der Waals surface area contributed by atoms with Crippen LogP contribution in [0.4, 0.5) is 4.39 Å². The van der Waals surface area contributed by atoms with E-state index in [9.17, 15) is 14.3 Å². The molecule has 0 bridgehead atoms. The van der Waals surface area contributed by atoms with Crippen molar-refractivity contribution in [2.75, 3.05) is 26.7 Å². The number of likely N-dealkylation sites (N-methyl/N-ethyl adjacent to an activating group) is 1. The summed E-state index contributed by atoms with van der Waals surface area (Å²) in [6.45, 7) is 2.31. The first-order chi connectivity index (χ1) is 17.3. The maximum Gasteiger partial charge on any atom is 0.254 e. The molecule has 2 aliphatic heterocycles. The quantitative estimate of drug-likeness (QED) is 0.403. The molecule has 1 fully saturated rings. The highest BCUT2D eigenvalue weighted by Gasteiger charge is 2.41. The number of rotatable bonds is 6. The number of fused-ring (bicyclic) bond motifs is 1. The molecule has 2 atom stereocenters. The molecular formula is C29H29Cl2FN2O2. The lowest BCUT2D eigenvalue weighted by Crippen LogP contribution is -2.43. The highest BCUT2D eigenvalue weighted by molar-refractivity contribution is 6.42. The van der Waals surface area contributed by atoms with Gasteiger partial charge in [-0.3, -0.25) is 4.79 Å². The summed E-state index contributed by atoms with van der Waals surface area (Å²) < 4.78 is 14.3. The topological polar surface area (TPSA) is 43.8 Å². The van der Waals surface area contributed by atoms with E-state index in [1.54, 1.807) is 24.1 Å². The molecular weight excluding hydrogens is 498 g/mol. The van der Waals surface area contributed by atoms with Crippen LogP contribution in [0.25, 0.3) is 0 Å². The van der Waals surface area contributed by atoms with Crippen molar-refractivity contribution in [3.8, 4) is 0 Å². The van der Waals surface area contributed by atoms with Gasteiger partial charge < -0.3 is 14.9 Å². The van der Waals surface area contributed by atoms with Crippen molar-refractivity contribution < 1.29 is 14.3 Å². The largest absolute Gasteiger partial charge is 0.385 e. The van der Waals surface area contributed by atoms with Crippen LogP contribution in [0.5, 0.6) is 0 Å². The van der Waals surface area contributed by atoms with Gasteiger partial charge in [-0.15, -0.1) is 0 Å². The van der Waals surface area contributed by atoms with Crippen molar-refractivity contribution in [2.45, 2.75) is 36.8 Å². The summed E-state index contributed by atoms with van der Waals surface area (Å²) >= 11 is 12.6. The molecule has 0 spiro atoms. The molecule has 3 aromatic rings. The van der Waals surface area contributed by atoms with Gasteiger partial charge in [0, 0.05) is 31.6 Å². The second-order valence-corrected chi connectivity index (χ2v) is 10.7. The van der Waals surface area contributed by atoms with Gasteiger partial charge in [-0.1, -0.05) is 59.6 Å². The molecule has 0 radical (unpaired) electrons. The van der Waals surface area contributed by atoms with E-state index in [-0.39, 0.29) is 23.7 Å². The standard InChI is InChI=1S/C29H29Cl2FN2O2/c1-33-27(24-18-21(32)8-9-23(24)28(33)35)22(19-7-10-25(30)26(31)17-19)11-14-34-15-12-29(36,13-16-34)20-5-3-2-4-6-20/h2-10,17-18,22,27,36H,11-16H2,1H3. The van der Waals surface area contributed by atoms with Crippen molar-refractivity contribution in [3.05, 3.63) is 105 Å². The highest BCUT2D eigenvalue weighted by Crippen LogP contribution is 2.45. The molecule has 1 N–H and O–H groups in total.